The van der Waals surface area contributed by atoms with E-state index in [9.17, 15) is 0 Å². The fraction of sp³-hybridized carbons (Fsp3) is 0.100. The Labute approximate surface area is 140 Å². The molecule has 2 heterocycles. The summed E-state index contributed by atoms with van der Waals surface area (Å²) in [6.45, 7) is 2.09. The first-order valence-corrected chi connectivity index (χ1v) is 7.83. The molecule has 2 aromatic carbocycles. The lowest BCUT2D eigenvalue weighted by atomic mass is 10.0. The minimum absolute atomic E-state index is 0.561. The molecule has 118 valence electrons. The standard InChI is InChI=1S/C20H17N3O/c1-14-6-5-7-15(12-14)16-8-3-4-9-18(16)24-19-11-10-17-20(22-19)23(2)13-21-17/h3-13H,1-2H3. The molecule has 4 rings (SSSR count). The molecule has 0 fully saturated rings. The number of nitrogens with zero attached hydrogens (tertiary/aromatic N) is 3. The molecule has 0 aliphatic heterocycles. The van der Waals surface area contributed by atoms with Gasteiger partial charge < -0.3 is 9.30 Å². The Morgan fingerprint density at radius 1 is 0.958 bits per heavy atom. The highest BCUT2D eigenvalue weighted by atomic mass is 16.5. The SMILES string of the molecule is Cc1cccc(-c2ccccc2Oc2ccc3ncn(C)c3n2)c1. The van der Waals surface area contributed by atoms with Crippen molar-refractivity contribution in [1.29, 1.82) is 0 Å². The van der Waals surface area contributed by atoms with Crippen molar-refractivity contribution in [3.63, 3.8) is 0 Å². The lowest BCUT2D eigenvalue weighted by Crippen LogP contribution is -1.93. The minimum atomic E-state index is 0.561. The molecule has 0 spiro atoms. The number of para-hydroxylation sites is 1. The number of fused-ring (bicyclic) bond motifs is 1. The van der Waals surface area contributed by atoms with Crippen LogP contribution in [-0.2, 0) is 7.05 Å². The molecule has 0 amide bonds. The molecule has 0 N–H and O–H groups in total. The van der Waals surface area contributed by atoms with Gasteiger partial charge in [-0.3, -0.25) is 0 Å². The van der Waals surface area contributed by atoms with Crippen molar-refractivity contribution in [2.24, 2.45) is 7.05 Å². The summed E-state index contributed by atoms with van der Waals surface area (Å²) >= 11 is 0. The van der Waals surface area contributed by atoms with Gasteiger partial charge in [-0.1, -0.05) is 48.0 Å². The number of hydrogen-bond acceptors (Lipinski definition) is 3. The van der Waals surface area contributed by atoms with Crippen molar-refractivity contribution in [3.8, 4) is 22.8 Å². The molecule has 0 saturated carbocycles. The molecule has 0 unspecified atom stereocenters. The van der Waals surface area contributed by atoms with Crippen LogP contribution in [0.2, 0.25) is 0 Å². The van der Waals surface area contributed by atoms with Gasteiger partial charge in [-0.25, -0.2) is 4.98 Å². The normalized spacial score (nSPS) is 10.9. The third-order valence-electron chi connectivity index (χ3n) is 3.96. The Morgan fingerprint density at radius 3 is 2.71 bits per heavy atom. The first kappa shape index (κ1) is 14.5. The highest BCUT2D eigenvalue weighted by Crippen LogP contribution is 2.33. The second-order valence-electron chi connectivity index (χ2n) is 5.82. The summed E-state index contributed by atoms with van der Waals surface area (Å²) in [6, 6.07) is 20.2. The molecule has 0 bridgehead atoms. The van der Waals surface area contributed by atoms with Crippen molar-refractivity contribution < 1.29 is 4.74 Å². The van der Waals surface area contributed by atoms with Crippen LogP contribution in [0.25, 0.3) is 22.3 Å². The molecule has 0 atom stereocenters. The van der Waals surface area contributed by atoms with Crippen LogP contribution in [0, 0.1) is 6.92 Å². The Bertz CT molecular complexity index is 1020. The lowest BCUT2D eigenvalue weighted by Gasteiger charge is -2.11. The largest absolute Gasteiger partial charge is 0.438 e. The van der Waals surface area contributed by atoms with Crippen LogP contribution in [0.4, 0.5) is 0 Å². The van der Waals surface area contributed by atoms with Crippen LogP contribution >= 0.6 is 0 Å². The van der Waals surface area contributed by atoms with E-state index < -0.39 is 0 Å². The fourth-order valence-corrected chi connectivity index (χ4v) is 2.76. The molecular weight excluding hydrogens is 298 g/mol. The second-order valence-corrected chi connectivity index (χ2v) is 5.82. The zero-order chi connectivity index (χ0) is 16.5. The first-order valence-electron chi connectivity index (χ1n) is 7.83. The summed E-state index contributed by atoms with van der Waals surface area (Å²) < 4.78 is 7.97. The zero-order valence-corrected chi connectivity index (χ0v) is 13.6. The van der Waals surface area contributed by atoms with Gasteiger partial charge in [-0.2, -0.15) is 4.98 Å². The van der Waals surface area contributed by atoms with E-state index in [0.717, 1.165) is 28.0 Å². The molecule has 4 aromatic rings. The summed E-state index contributed by atoms with van der Waals surface area (Å²) in [7, 11) is 1.92. The lowest BCUT2D eigenvalue weighted by molar-refractivity contribution is 0.466. The Balaban J connectivity index is 1.75. The Morgan fingerprint density at radius 2 is 1.83 bits per heavy atom. The average Bonchev–Trinajstić information content (AvgIpc) is 2.96. The van der Waals surface area contributed by atoms with E-state index in [0.29, 0.717) is 5.88 Å². The van der Waals surface area contributed by atoms with Gasteiger partial charge in [-0.05, 0) is 24.6 Å². The summed E-state index contributed by atoms with van der Waals surface area (Å²) in [5.74, 6) is 1.35. The fourth-order valence-electron chi connectivity index (χ4n) is 2.76. The monoisotopic (exact) mass is 315 g/mol. The van der Waals surface area contributed by atoms with Crippen LogP contribution in [0.15, 0.2) is 67.0 Å². The van der Waals surface area contributed by atoms with Gasteiger partial charge in [0.2, 0.25) is 5.88 Å². The van der Waals surface area contributed by atoms with E-state index in [-0.39, 0.29) is 0 Å². The molecule has 0 aliphatic carbocycles. The first-order chi connectivity index (χ1) is 11.7. The van der Waals surface area contributed by atoms with Crippen molar-refractivity contribution in [1.82, 2.24) is 14.5 Å². The van der Waals surface area contributed by atoms with Gasteiger partial charge in [0.1, 0.15) is 11.3 Å². The van der Waals surface area contributed by atoms with Gasteiger partial charge in [0.15, 0.2) is 5.65 Å². The van der Waals surface area contributed by atoms with E-state index in [4.69, 9.17) is 4.74 Å². The number of imidazole rings is 1. The summed E-state index contributed by atoms with van der Waals surface area (Å²) in [5, 5.41) is 0. The van der Waals surface area contributed by atoms with Crippen LogP contribution < -0.4 is 4.74 Å². The maximum absolute atomic E-state index is 6.08. The van der Waals surface area contributed by atoms with Crippen LogP contribution in [-0.4, -0.2) is 14.5 Å². The van der Waals surface area contributed by atoms with E-state index in [2.05, 4.69) is 47.2 Å². The van der Waals surface area contributed by atoms with Crippen LogP contribution in [0.3, 0.4) is 0 Å². The number of aromatic nitrogens is 3. The van der Waals surface area contributed by atoms with Gasteiger partial charge in [-0.15, -0.1) is 0 Å². The third-order valence-corrected chi connectivity index (χ3v) is 3.96. The number of pyridine rings is 1. The van der Waals surface area contributed by atoms with Crippen molar-refractivity contribution in [2.45, 2.75) is 6.92 Å². The summed E-state index contributed by atoms with van der Waals surface area (Å²) in [6.07, 6.45) is 1.75. The predicted octanol–water partition coefficient (Wildman–Crippen LogP) is 4.74. The number of benzene rings is 2. The molecule has 0 radical (unpaired) electrons. The maximum Gasteiger partial charge on any atom is 0.221 e. The van der Waals surface area contributed by atoms with Gasteiger partial charge in [0, 0.05) is 18.7 Å². The Kier molecular flexibility index (Phi) is 3.50. The molecule has 2 aromatic heterocycles. The van der Waals surface area contributed by atoms with Gasteiger partial charge in [0.05, 0.1) is 6.33 Å². The molecular formula is C20H17N3O. The van der Waals surface area contributed by atoms with Crippen LogP contribution in [0.5, 0.6) is 11.6 Å². The topological polar surface area (TPSA) is 39.9 Å². The third kappa shape index (κ3) is 2.63. The quantitative estimate of drug-likeness (QED) is 0.548. The van der Waals surface area contributed by atoms with E-state index in [1.807, 2.05) is 41.9 Å². The molecule has 24 heavy (non-hydrogen) atoms. The summed E-state index contributed by atoms with van der Waals surface area (Å²) in [4.78, 5) is 8.85. The van der Waals surface area contributed by atoms with E-state index in [1.54, 1.807) is 6.33 Å². The van der Waals surface area contributed by atoms with Gasteiger partial charge in [0.25, 0.3) is 0 Å². The summed E-state index contributed by atoms with van der Waals surface area (Å²) in [5.41, 5.74) is 5.06. The number of rotatable bonds is 3. The second kappa shape index (κ2) is 5.81. The molecule has 0 aliphatic rings. The minimum Gasteiger partial charge on any atom is -0.438 e. The molecule has 4 nitrogen and oxygen atoms in total. The zero-order valence-electron chi connectivity index (χ0n) is 13.6. The number of hydrogen-bond donors (Lipinski definition) is 0. The van der Waals surface area contributed by atoms with E-state index >= 15 is 0 Å². The van der Waals surface area contributed by atoms with Crippen LogP contribution in [0.1, 0.15) is 5.56 Å². The van der Waals surface area contributed by atoms with Crippen molar-refractivity contribution in [2.75, 3.05) is 0 Å². The maximum atomic E-state index is 6.08. The number of aryl methyl sites for hydroxylation is 2. The van der Waals surface area contributed by atoms with Gasteiger partial charge >= 0.3 is 0 Å². The predicted molar refractivity (Wildman–Crippen MR) is 95.2 cm³/mol. The van der Waals surface area contributed by atoms with Crippen molar-refractivity contribution in [3.05, 3.63) is 72.6 Å². The molecule has 0 saturated heterocycles. The average molecular weight is 315 g/mol. The highest BCUT2D eigenvalue weighted by Gasteiger charge is 2.09. The molecule has 4 heteroatoms. The Hall–Kier alpha value is -3.14. The van der Waals surface area contributed by atoms with E-state index in [1.165, 1.54) is 5.56 Å². The highest BCUT2D eigenvalue weighted by molar-refractivity contribution is 5.73. The number of ether oxygens (including phenoxy) is 1. The smallest absolute Gasteiger partial charge is 0.221 e. The van der Waals surface area contributed by atoms with Crippen molar-refractivity contribution >= 4 is 11.2 Å².